The molecule has 1 aliphatic rings. The maximum atomic E-state index is 11.9. The summed E-state index contributed by atoms with van der Waals surface area (Å²) in [5, 5.41) is 6.26. The molecule has 0 saturated heterocycles. The number of para-hydroxylation sites is 1. The van der Waals surface area contributed by atoms with Gasteiger partial charge in [-0.3, -0.25) is 10.2 Å². The van der Waals surface area contributed by atoms with E-state index in [1.165, 1.54) is 11.9 Å². The highest BCUT2D eigenvalue weighted by Gasteiger charge is 2.37. The van der Waals surface area contributed by atoms with Crippen molar-refractivity contribution >= 4 is 35.0 Å². The number of fused-ring (bicyclic) bond motifs is 1. The Hall–Kier alpha value is -2.34. The van der Waals surface area contributed by atoms with Crippen molar-refractivity contribution in [3.63, 3.8) is 0 Å². The van der Waals surface area contributed by atoms with Crippen molar-refractivity contribution in [1.29, 1.82) is 0 Å². The lowest BCUT2D eigenvalue weighted by Crippen LogP contribution is -2.25. The van der Waals surface area contributed by atoms with Gasteiger partial charge in [0.1, 0.15) is 12.0 Å². The molecule has 2 aromatic carbocycles. The second kappa shape index (κ2) is 6.52. The Bertz CT molecular complexity index is 893. The average Bonchev–Trinajstić information content (AvgIpc) is 3.12. The lowest BCUT2D eigenvalue weighted by molar-refractivity contribution is -0.112. The summed E-state index contributed by atoms with van der Waals surface area (Å²) in [5.41, 5.74) is 3.81. The fourth-order valence-corrected chi connectivity index (χ4v) is 4.41. The zero-order valence-electron chi connectivity index (χ0n) is 14.1. The van der Waals surface area contributed by atoms with Crippen molar-refractivity contribution in [2.45, 2.75) is 36.0 Å². The fraction of sp³-hybridized carbons (Fsp3) is 0.316. The number of methoxy groups -OCH3 is 1. The van der Waals surface area contributed by atoms with Crippen LogP contribution in [-0.2, 0) is 10.2 Å². The minimum absolute atomic E-state index is 0.355. The monoisotopic (exact) mass is 355 g/mol. The molecule has 1 aliphatic carbocycles. The number of aldehydes is 1. The van der Waals surface area contributed by atoms with E-state index in [1.807, 2.05) is 24.3 Å². The maximum Gasteiger partial charge on any atom is 0.134 e. The highest BCUT2D eigenvalue weighted by Crippen LogP contribution is 2.43. The summed E-state index contributed by atoms with van der Waals surface area (Å²) in [6.07, 6.45) is 5.21. The lowest BCUT2D eigenvalue weighted by atomic mass is 9.79. The average molecular weight is 355 g/mol. The first-order chi connectivity index (χ1) is 12.3. The number of H-pyrrole nitrogens is 2. The smallest absolute Gasteiger partial charge is 0.134 e. The number of anilines is 1. The van der Waals surface area contributed by atoms with Gasteiger partial charge >= 0.3 is 0 Å². The molecule has 3 aromatic rings. The Labute approximate surface area is 150 Å². The van der Waals surface area contributed by atoms with Crippen LogP contribution >= 0.6 is 11.9 Å². The topological polar surface area (TPSA) is 69.9 Å². The molecule has 6 heteroatoms. The third kappa shape index (κ3) is 2.80. The van der Waals surface area contributed by atoms with Crippen LogP contribution < -0.4 is 9.46 Å². The first-order valence-electron chi connectivity index (χ1n) is 8.48. The minimum atomic E-state index is -0.355. The Morgan fingerprint density at radius 1 is 1.20 bits per heavy atom. The third-order valence-corrected chi connectivity index (χ3v) is 5.96. The number of carbonyl (C=O) groups excluding carboxylic acids is 1. The van der Waals surface area contributed by atoms with E-state index in [0.29, 0.717) is 0 Å². The summed E-state index contributed by atoms with van der Waals surface area (Å²) in [4.78, 5) is 12.9. The standard InChI is InChI=1S/C19H21N3O2S/c1-24-16-6-2-3-7-17(16)25-22-13-10-14(18-15(11-13)20-21-18)19(12-23)8-4-5-9-19/h2-3,6-7,10-12,20-22H,4-5,8-9H2,1H3. The van der Waals surface area contributed by atoms with Gasteiger partial charge < -0.3 is 14.3 Å². The molecule has 25 heavy (non-hydrogen) atoms. The Kier molecular flexibility index (Phi) is 4.21. The van der Waals surface area contributed by atoms with Gasteiger partial charge in [-0.15, -0.1) is 0 Å². The largest absolute Gasteiger partial charge is 0.496 e. The molecular formula is C19H21N3O2S. The van der Waals surface area contributed by atoms with Gasteiger partial charge in [0.05, 0.1) is 28.5 Å². The molecule has 1 saturated carbocycles. The first-order valence-corrected chi connectivity index (χ1v) is 9.30. The summed E-state index contributed by atoms with van der Waals surface area (Å²) in [6.45, 7) is 0. The molecule has 4 rings (SSSR count). The molecule has 1 heterocycles. The van der Waals surface area contributed by atoms with Crippen LogP contribution in [-0.4, -0.2) is 23.6 Å². The predicted molar refractivity (Wildman–Crippen MR) is 101 cm³/mol. The van der Waals surface area contributed by atoms with Crippen molar-refractivity contribution in [2.75, 3.05) is 11.8 Å². The molecule has 0 unspecified atom stereocenters. The predicted octanol–water partition coefficient (Wildman–Crippen LogP) is 4.63. The van der Waals surface area contributed by atoms with Crippen molar-refractivity contribution in [3.8, 4) is 5.75 Å². The minimum Gasteiger partial charge on any atom is -0.496 e. The van der Waals surface area contributed by atoms with Crippen LogP contribution in [0.5, 0.6) is 5.75 Å². The van der Waals surface area contributed by atoms with Gasteiger partial charge in [0.2, 0.25) is 0 Å². The molecule has 130 valence electrons. The molecular weight excluding hydrogens is 334 g/mol. The molecule has 5 nitrogen and oxygen atoms in total. The van der Waals surface area contributed by atoms with E-state index < -0.39 is 0 Å². The van der Waals surface area contributed by atoms with Crippen LogP contribution in [0.3, 0.4) is 0 Å². The Morgan fingerprint density at radius 3 is 2.68 bits per heavy atom. The molecule has 1 fully saturated rings. The highest BCUT2D eigenvalue weighted by molar-refractivity contribution is 8.00. The number of aromatic nitrogens is 2. The first kappa shape index (κ1) is 16.1. The van der Waals surface area contributed by atoms with Crippen molar-refractivity contribution < 1.29 is 9.53 Å². The van der Waals surface area contributed by atoms with Gasteiger partial charge in [-0.1, -0.05) is 25.0 Å². The number of carbonyl (C=O) groups is 1. The number of rotatable bonds is 6. The molecule has 0 radical (unpaired) electrons. The number of hydrogen-bond donors (Lipinski definition) is 3. The summed E-state index contributed by atoms with van der Waals surface area (Å²) in [5.74, 6) is 0.837. The Morgan fingerprint density at radius 2 is 2.00 bits per heavy atom. The zero-order valence-corrected chi connectivity index (χ0v) is 14.9. The van der Waals surface area contributed by atoms with E-state index in [2.05, 4.69) is 27.1 Å². The number of aromatic amines is 2. The fourth-order valence-electron chi connectivity index (χ4n) is 3.67. The van der Waals surface area contributed by atoms with E-state index in [4.69, 9.17) is 4.74 Å². The normalized spacial score (nSPS) is 16.2. The zero-order chi connectivity index (χ0) is 17.3. The van der Waals surface area contributed by atoms with E-state index >= 15 is 0 Å². The van der Waals surface area contributed by atoms with Crippen molar-refractivity contribution in [3.05, 3.63) is 42.0 Å². The van der Waals surface area contributed by atoms with E-state index in [1.54, 1.807) is 7.11 Å². The summed E-state index contributed by atoms with van der Waals surface area (Å²) in [7, 11) is 1.67. The van der Waals surface area contributed by atoms with E-state index in [9.17, 15) is 4.79 Å². The molecule has 0 bridgehead atoms. The SMILES string of the molecule is COc1ccccc1SNc1cc(C2(C=O)CCCC2)c2[nH][nH]c2c1. The van der Waals surface area contributed by atoms with Crippen LogP contribution in [0.15, 0.2) is 41.3 Å². The molecule has 0 spiro atoms. The summed E-state index contributed by atoms with van der Waals surface area (Å²) in [6, 6.07) is 12.1. The second-order valence-electron chi connectivity index (χ2n) is 6.53. The van der Waals surface area contributed by atoms with Gasteiger partial charge in [-0.25, -0.2) is 0 Å². The molecule has 0 amide bonds. The third-order valence-electron chi connectivity index (χ3n) is 5.07. The van der Waals surface area contributed by atoms with E-state index in [-0.39, 0.29) is 5.41 Å². The molecule has 3 N–H and O–H groups in total. The second-order valence-corrected chi connectivity index (χ2v) is 7.38. The van der Waals surface area contributed by atoms with Crippen molar-refractivity contribution in [2.24, 2.45) is 0 Å². The van der Waals surface area contributed by atoms with Gasteiger partial charge in [0.25, 0.3) is 0 Å². The van der Waals surface area contributed by atoms with Crippen LogP contribution in [0, 0.1) is 0 Å². The van der Waals surface area contributed by atoms with Gasteiger partial charge in [-0.2, -0.15) is 0 Å². The van der Waals surface area contributed by atoms with Gasteiger partial charge in [-0.05, 0) is 54.6 Å². The van der Waals surface area contributed by atoms with Gasteiger partial charge in [0.15, 0.2) is 0 Å². The van der Waals surface area contributed by atoms with Crippen LogP contribution in [0.2, 0.25) is 0 Å². The number of nitrogens with one attached hydrogen (secondary N) is 3. The van der Waals surface area contributed by atoms with E-state index in [0.717, 1.165) is 64.9 Å². The quantitative estimate of drug-likeness (QED) is 0.445. The highest BCUT2D eigenvalue weighted by atomic mass is 32.2. The molecule has 0 aliphatic heterocycles. The lowest BCUT2D eigenvalue weighted by Gasteiger charge is -2.26. The number of benzene rings is 2. The van der Waals surface area contributed by atoms with Crippen LogP contribution in [0.25, 0.3) is 11.0 Å². The number of hydrogen-bond acceptors (Lipinski definition) is 4. The Balaban J connectivity index is 1.64. The number of ether oxygens (including phenoxy) is 1. The van der Waals surface area contributed by atoms with Crippen LogP contribution in [0.4, 0.5) is 5.69 Å². The molecule has 0 atom stereocenters. The van der Waals surface area contributed by atoms with Crippen LogP contribution in [0.1, 0.15) is 31.2 Å². The summed E-state index contributed by atoms with van der Waals surface area (Å²) < 4.78 is 8.79. The van der Waals surface area contributed by atoms with Gasteiger partial charge in [0, 0.05) is 5.69 Å². The maximum absolute atomic E-state index is 11.9. The van der Waals surface area contributed by atoms with Crippen molar-refractivity contribution in [1.82, 2.24) is 10.2 Å². The molecule has 1 aromatic heterocycles. The summed E-state index contributed by atoms with van der Waals surface area (Å²) >= 11 is 1.51.